The van der Waals surface area contributed by atoms with Crippen LogP contribution in [0.3, 0.4) is 0 Å². The summed E-state index contributed by atoms with van der Waals surface area (Å²) in [7, 11) is 0. The van der Waals surface area contributed by atoms with Gasteiger partial charge in [-0.25, -0.2) is 4.79 Å². The Balaban J connectivity index is 2.72. The molecule has 1 aromatic rings. The molecule has 0 saturated carbocycles. The average molecular weight is 363 g/mol. The van der Waals surface area contributed by atoms with Crippen LogP contribution in [0.4, 0.5) is 10.5 Å². The van der Waals surface area contributed by atoms with Crippen LogP contribution in [-0.2, 0) is 16.2 Å². The molecule has 0 fully saturated rings. The first-order chi connectivity index (χ1) is 12.4. The zero-order valence-electron chi connectivity index (χ0n) is 14.4. The van der Waals surface area contributed by atoms with Crippen LogP contribution in [0, 0.1) is 0 Å². The van der Waals surface area contributed by atoms with Gasteiger partial charge in [0.25, 0.3) is 0 Å². The van der Waals surface area contributed by atoms with E-state index in [1.807, 2.05) is 0 Å². The van der Waals surface area contributed by atoms with Crippen molar-refractivity contribution in [3.8, 4) is 0 Å². The van der Waals surface area contributed by atoms with Crippen molar-refractivity contribution >= 4 is 23.5 Å². The number of urea groups is 1. The molecule has 0 aliphatic rings. The van der Waals surface area contributed by atoms with Crippen molar-refractivity contribution < 1.29 is 19.5 Å². The summed E-state index contributed by atoms with van der Waals surface area (Å²) >= 11 is 0. The number of hydrogen-bond donors (Lipinski definition) is 6. The Morgan fingerprint density at radius 3 is 2.38 bits per heavy atom. The normalized spacial score (nSPS) is 12.5. The number of carbonyl (C=O) groups excluding carboxylic acids is 3. The molecular weight excluding hydrogens is 338 g/mol. The Kier molecular flexibility index (Phi) is 8.82. The molecule has 0 aliphatic heterocycles. The lowest BCUT2D eigenvalue weighted by molar-refractivity contribution is -0.126. The molecule has 0 aromatic heterocycles. The van der Waals surface area contributed by atoms with E-state index in [9.17, 15) is 14.4 Å². The minimum absolute atomic E-state index is 0.0980. The van der Waals surface area contributed by atoms with Gasteiger partial charge in [0.2, 0.25) is 11.8 Å². The molecule has 4 amide bonds. The van der Waals surface area contributed by atoms with Crippen LogP contribution in [-0.4, -0.2) is 41.6 Å². The van der Waals surface area contributed by atoms with Gasteiger partial charge in [0, 0.05) is 12.2 Å². The summed E-state index contributed by atoms with van der Waals surface area (Å²) in [6.07, 6.45) is 1.97. The number of rotatable bonds is 10. The molecule has 142 valence electrons. The largest absolute Gasteiger partial charge is 0.392 e. The van der Waals surface area contributed by atoms with Gasteiger partial charge in [-0.1, -0.05) is 18.2 Å². The number of aliphatic hydroxyl groups excluding tert-OH is 1. The third kappa shape index (κ3) is 7.32. The maximum Gasteiger partial charge on any atom is 0.312 e. The van der Waals surface area contributed by atoms with Crippen LogP contribution in [0.25, 0.3) is 0 Å². The molecule has 0 bridgehead atoms. The quantitative estimate of drug-likeness (QED) is 0.245. The average Bonchev–Trinajstić information content (AvgIpc) is 2.63. The van der Waals surface area contributed by atoms with Crippen molar-refractivity contribution in [1.29, 1.82) is 0 Å². The van der Waals surface area contributed by atoms with Gasteiger partial charge in [-0.3, -0.25) is 9.59 Å². The van der Waals surface area contributed by atoms with Crippen LogP contribution in [0.5, 0.6) is 0 Å². The van der Waals surface area contributed by atoms with E-state index in [1.54, 1.807) is 24.3 Å². The zero-order valence-corrected chi connectivity index (χ0v) is 14.4. The number of nitrogens with two attached hydrogens (primary N) is 2. The minimum Gasteiger partial charge on any atom is -0.392 e. The van der Waals surface area contributed by atoms with Crippen molar-refractivity contribution in [3.05, 3.63) is 42.5 Å². The molecule has 0 heterocycles. The van der Waals surface area contributed by atoms with Crippen molar-refractivity contribution in [1.82, 2.24) is 10.6 Å². The summed E-state index contributed by atoms with van der Waals surface area (Å²) in [5.74, 6) is -0.955. The van der Waals surface area contributed by atoms with Crippen LogP contribution >= 0.6 is 0 Å². The molecule has 2 atom stereocenters. The molecule has 8 N–H and O–H groups in total. The highest BCUT2D eigenvalue weighted by molar-refractivity contribution is 5.98. The SMILES string of the molecule is C=C[C@H](N)C(=O)N[C@@H](CCCNC(N)=O)C(=O)Nc1ccc(CO)cc1. The van der Waals surface area contributed by atoms with Crippen molar-refractivity contribution in [2.24, 2.45) is 11.5 Å². The van der Waals surface area contributed by atoms with Gasteiger partial charge in [0.15, 0.2) is 0 Å². The third-order valence-electron chi connectivity index (χ3n) is 3.56. The first-order valence-electron chi connectivity index (χ1n) is 8.09. The first kappa shape index (κ1) is 21.1. The predicted molar refractivity (Wildman–Crippen MR) is 97.9 cm³/mol. The second kappa shape index (κ2) is 10.9. The van der Waals surface area contributed by atoms with Crippen molar-refractivity contribution in [2.75, 3.05) is 11.9 Å². The number of amides is 4. The smallest absolute Gasteiger partial charge is 0.312 e. The molecule has 0 radical (unpaired) electrons. The van der Waals surface area contributed by atoms with Crippen LogP contribution < -0.4 is 27.4 Å². The van der Waals surface area contributed by atoms with Gasteiger partial charge >= 0.3 is 6.03 Å². The van der Waals surface area contributed by atoms with E-state index in [-0.39, 0.29) is 19.6 Å². The van der Waals surface area contributed by atoms with Gasteiger partial charge in [-0.05, 0) is 30.5 Å². The van der Waals surface area contributed by atoms with Gasteiger partial charge in [0.1, 0.15) is 12.1 Å². The summed E-state index contributed by atoms with van der Waals surface area (Å²) in [6.45, 7) is 3.62. The number of hydrogen-bond acceptors (Lipinski definition) is 5. The number of aliphatic hydroxyl groups is 1. The van der Waals surface area contributed by atoms with E-state index in [1.165, 1.54) is 6.08 Å². The maximum absolute atomic E-state index is 12.5. The minimum atomic E-state index is -0.933. The van der Waals surface area contributed by atoms with E-state index in [4.69, 9.17) is 16.6 Å². The zero-order chi connectivity index (χ0) is 19.5. The topological polar surface area (TPSA) is 160 Å². The fourth-order valence-corrected chi connectivity index (χ4v) is 2.08. The highest BCUT2D eigenvalue weighted by Gasteiger charge is 2.22. The number of benzene rings is 1. The number of carbonyl (C=O) groups is 3. The van der Waals surface area contributed by atoms with E-state index >= 15 is 0 Å². The first-order valence-corrected chi connectivity index (χ1v) is 8.09. The summed E-state index contributed by atoms with van der Waals surface area (Å²) in [6, 6.07) is 4.20. The highest BCUT2D eigenvalue weighted by atomic mass is 16.3. The number of primary amides is 1. The summed E-state index contributed by atoms with van der Waals surface area (Å²) in [5, 5.41) is 16.7. The Bertz CT molecular complexity index is 633. The summed E-state index contributed by atoms with van der Waals surface area (Å²) in [4.78, 5) is 35.1. The Morgan fingerprint density at radius 1 is 1.19 bits per heavy atom. The number of anilines is 1. The van der Waals surface area contributed by atoms with E-state index < -0.39 is 29.9 Å². The lowest BCUT2D eigenvalue weighted by Gasteiger charge is -2.20. The lowest BCUT2D eigenvalue weighted by Crippen LogP contribution is -2.49. The highest BCUT2D eigenvalue weighted by Crippen LogP contribution is 2.11. The van der Waals surface area contributed by atoms with E-state index in [0.29, 0.717) is 17.7 Å². The van der Waals surface area contributed by atoms with Crippen molar-refractivity contribution in [3.63, 3.8) is 0 Å². The van der Waals surface area contributed by atoms with E-state index in [2.05, 4.69) is 22.5 Å². The van der Waals surface area contributed by atoms with Crippen LogP contribution in [0.1, 0.15) is 18.4 Å². The number of nitrogens with one attached hydrogen (secondary N) is 3. The molecule has 9 nitrogen and oxygen atoms in total. The van der Waals surface area contributed by atoms with Gasteiger partial charge in [-0.2, -0.15) is 0 Å². The fraction of sp³-hybridized carbons (Fsp3) is 0.353. The Hall–Kier alpha value is -2.91. The maximum atomic E-state index is 12.5. The third-order valence-corrected chi connectivity index (χ3v) is 3.56. The Morgan fingerprint density at radius 2 is 1.85 bits per heavy atom. The second-order valence-electron chi connectivity index (χ2n) is 5.60. The van der Waals surface area contributed by atoms with Crippen molar-refractivity contribution in [2.45, 2.75) is 31.5 Å². The molecule has 26 heavy (non-hydrogen) atoms. The van der Waals surface area contributed by atoms with Gasteiger partial charge in [-0.15, -0.1) is 6.58 Å². The summed E-state index contributed by atoms with van der Waals surface area (Å²) in [5.41, 5.74) is 11.8. The Labute approximate surface area is 151 Å². The second-order valence-corrected chi connectivity index (χ2v) is 5.60. The molecule has 0 spiro atoms. The standard InChI is InChI=1S/C17H25N5O4/c1-2-13(18)15(24)22-14(4-3-9-20-17(19)26)16(25)21-12-7-5-11(10-23)6-8-12/h2,5-8,13-14,23H,1,3-4,9-10,18H2,(H,21,25)(H,22,24)(H3,19,20,26)/t13-,14-/m0/s1. The monoisotopic (exact) mass is 363 g/mol. The fourth-order valence-electron chi connectivity index (χ4n) is 2.08. The van der Waals surface area contributed by atoms with Gasteiger partial charge in [0.05, 0.1) is 6.61 Å². The predicted octanol–water partition coefficient (Wildman–Crippen LogP) is -0.436. The van der Waals surface area contributed by atoms with Gasteiger partial charge < -0.3 is 32.5 Å². The molecule has 1 aromatic carbocycles. The molecule has 0 unspecified atom stereocenters. The molecule has 0 saturated heterocycles. The van der Waals surface area contributed by atoms with Crippen LogP contribution in [0.2, 0.25) is 0 Å². The van der Waals surface area contributed by atoms with E-state index in [0.717, 1.165) is 0 Å². The molecule has 9 heteroatoms. The lowest BCUT2D eigenvalue weighted by atomic mass is 10.1. The van der Waals surface area contributed by atoms with Crippen LogP contribution in [0.15, 0.2) is 36.9 Å². The summed E-state index contributed by atoms with van der Waals surface area (Å²) < 4.78 is 0. The molecule has 1 rings (SSSR count). The molecular formula is C17H25N5O4. The molecule has 0 aliphatic carbocycles.